The molecular formula is C25H32BrN3O2. The quantitative estimate of drug-likeness (QED) is 0.465. The van der Waals surface area contributed by atoms with Gasteiger partial charge >= 0.3 is 6.03 Å². The zero-order valence-corrected chi connectivity index (χ0v) is 20.0. The minimum Gasteiger partial charge on any atom is -0.334 e. The van der Waals surface area contributed by atoms with Gasteiger partial charge in [-0.25, -0.2) is 4.79 Å². The predicted molar refractivity (Wildman–Crippen MR) is 129 cm³/mol. The molecule has 2 aromatic rings. The van der Waals surface area contributed by atoms with Gasteiger partial charge in [0.2, 0.25) is 5.91 Å². The van der Waals surface area contributed by atoms with Crippen molar-refractivity contribution in [1.82, 2.24) is 9.80 Å². The molecule has 5 nitrogen and oxygen atoms in total. The van der Waals surface area contributed by atoms with E-state index in [1.807, 2.05) is 41.3 Å². The van der Waals surface area contributed by atoms with Crippen LogP contribution in [0.3, 0.4) is 0 Å². The SMILES string of the molecule is CCCCCCN(CC(=O)N1CCc2ccccc2C1C)C(=O)Nc1ccccc1Br. The van der Waals surface area contributed by atoms with E-state index in [0.29, 0.717) is 18.8 Å². The van der Waals surface area contributed by atoms with Gasteiger partial charge in [-0.3, -0.25) is 4.79 Å². The molecule has 0 saturated heterocycles. The topological polar surface area (TPSA) is 52.7 Å². The maximum atomic E-state index is 13.2. The predicted octanol–water partition coefficient (Wildman–Crippen LogP) is 6.01. The Morgan fingerprint density at radius 2 is 1.84 bits per heavy atom. The molecule has 0 fully saturated rings. The fraction of sp³-hybridized carbons (Fsp3) is 0.440. The smallest absolute Gasteiger partial charge is 0.322 e. The largest absolute Gasteiger partial charge is 0.334 e. The van der Waals surface area contributed by atoms with Crippen molar-refractivity contribution >= 4 is 33.6 Å². The highest BCUT2D eigenvalue weighted by Gasteiger charge is 2.29. The second-order valence-corrected chi connectivity index (χ2v) is 8.96. The standard InChI is InChI=1S/C25H32BrN3O2/c1-3-4-5-10-16-28(25(31)27-23-14-9-8-13-22(23)26)18-24(30)29-17-15-20-11-6-7-12-21(20)19(29)2/h6-9,11-14,19H,3-5,10,15-18H2,1-2H3,(H,27,31). The Kier molecular flexibility index (Phi) is 8.52. The second kappa shape index (κ2) is 11.3. The summed E-state index contributed by atoms with van der Waals surface area (Å²) >= 11 is 3.48. The molecule has 1 N–H and O–H groups in total. The van der Waals surface area contributed by atoms with Crippen LogP contribution in [0, 0.1) is 0 Å². The van der Waals surface area contributed by atoms with Crippen LogP contribution >= 0.6 is 15.9 Å². The molecule has 0 spiro atoms. The van der Waals surface area contributed by atoms with E-state index in [-0.39, 0.29) is 24.5 Å². The fourth-order valence-electron chi connectivity index (χ4n) is 4.11. The van der Waals surface area contributed by atoms with Gasteiger partial charge in [-0.2, -0.15) is 0 Å². The molecule has 1 heterocycles. The normalized spacial score (nSPS) is 15.3. The van der Waals surface area contributed by atoms with Crippen molar-refractivity contribution in [2.45, 2.75) is 52.0 Å². The Morgan fingerprint density at radius 1 is 1.10 bits per heavy atom. The van der Waals surface area contributed by atoms with Crippen molar-refractivity contribution in [1.29, 1.82) is 0 Å². The summed E-state index contributed by atoms with van der Waals surface area (Å²) in [6.07, 6.45) is 5.06. The number of nitrogens with one attached hydrogen (secondary N) is 1. The third-order valence-electron chi connectivity index (χ3n) is 5.93. The third kappa shape index (κ3) is 6.10. The molecule has 1 aliphatic rings. The summed E-state index contributed by atoms with van der Waals surface area (Å²) in [6.45, 7) is 5.58. The summed E-state index contributed by atoms with van der Waals surface area (Å²) in [5, 5.41) is 2.96. The van der Waals surface area contributed by atoms with Crippen LogP contribution in [0.15, 0.2) is 53.0 Å². The van der Waals surface area contributed by atoms with Gasteiger partial charge in [0.05, 0.1) is 11.7 Å². The molecule has 31 heavy (non-hydrogen) atoms. The van der Waals surface area contributed by atoms with E-state index in [9.17, 15) is 9.59 Å². The number of urea groups is 1. The van der Waals surface area contributed by atoms with Crippen LogP contribution in [0.25, 0.3) is 0 Å². The number of hydrogen-bond donors (Lipinski definition) is 1. The van der Waals surface area contributed by atoms with Crippen LogP contribution < -0.4 is 5.32 Å². The lowest BCUT2D eigenvalue weighted by molar-refractivity contribution is -0.134. The molecular weight excluding hydrogens is 454 g/mol. The lowest BCUT2D eigenvalue weighted by Crippen LogP contribution is -2.47. The zero-order chi connectivity index (χ0) is 22.2. The molecule has 1 unspecified atom stereocenters. The summed E-state index contributed by atoms with van der Waals surface area (Å²) in [5.74, 6) is -0.000211. The van der Waals surface area contributed by atoms with Crippen LogP contribution in [-0.4, -0.2) is 41.4 Å². The lowest BCUT2D eigenvalue weighted by Gasteiger charge is -2.36. The highest BCUT2D eigenvalue weighted by Crippen LogP contribution is 2.29. The van der Waals surface area contributed by atoms with E-state index in [0.717, 1.165) is 36.6 Å². The number of carbonyl (C=O) groups excluding carboxylic acids is 2. The minimum absolute atomic E-state index is 0.000211. The van der Waals surface area contributed by atoms with Crippen LogP contribution in [0.4, 0.5) is 10.5 Å². The Balaban J connectivity index is 1.69. The van der Waals surface area contributed by atoms with Gasteiger partial charge in [0.1, 0.15) is 6.54 Å². The van der Waals surface area contributed by atoms with Crippen molar-refractivity contribution in [2.75, 3.05) is 25.0 Å². The zero-order valence-electron chi connectivity index (χ0n) is 18.4. The Morgan fingerprint density at radius 3 is 2.61 bits per heavy atom. The van der Waals surface area contributed by atoms with Gasteiger partial charge < -0.3 is 15.1 Å². The van der Waals surface area contributed by atoms with Crippen molar-refractivity contribution < 1.29 is 9.59 Å². The average Bonchev–Trinajstić information content (AvgIpc) is 2.77. The molecule has 1 atom stereocenters. The number of hydrogen-bond acceptors (Lipinski definition) is 2. The van der Waals surface area contributed by atoms with E-state index >= 15 is 0 Å². The second-order valence-electron chi connectivity index (χ2n) is 8.10. The van der Waals surface area contributed by atoms with Crippen LogP contribution in [0.5, 0.6) is 0 Å². The molecule has 166 valence electrons. The summed E-state index contributed by atoms with van der Waals surface area (Å²) in [4.78, 5) is 29.9. The maximum absolute atomic E-state index is 13.2. The number of halogens is 1. The number of carbonyl (C=O) groups is 2. The van der Waals surface area contributed by atoms with Gasteiger partial charge in [0, 0.05) is 17.6 Å². The minimum atomic E-state index is -0.234. The van der Waals surface area contributed by atoms with E-state index < -0.39 is 0 Å². The van der Waals surface area contributed by atoms with E-state index in [1.165, 1.54) is 11.1 Å². The van der Waals surface area contributed by atoms with E-state index in [1.54, 1.807) is 4.90 Å². The number of rotatable bonds is 8. The number of anilines is 1. The first-order valence-corrected chi connectivity index (χ1v) is 12.0. The number of fused-ring (bicyclic) bond motifs is 1. The van der Waals surface area contributed by atoms with Crippen molar-refractivity contribution in [3.05, 3.63) is 64.1 Å². The monoisotopic (exact) mass is 485 g/mol. The van der Waals surface area contributed by atoms with Crippen molar-refractivity contribution in [3.63, 3.8) is 0 Å². The van der Waals surface area contributed by atoms with Crippen molar-refractivity contribution in [3.8, 4) is 0 Å². The van der Waals surface area contributed by atoms with E-state index in [4.69, 9.17) is 0 Å². The molecule has 0 aromatic heterocycles. The van der Waals surface area contributed by atoms with Gasteiger partial charge in [-0.1, -0.05) is 62.6 Å². The highest BCUT2D eigenvalue weighted by atomic mass is 79.9. The van der Waals surface area contributed by atoms with Gasteiger partial charge in [0.25, 0.3) is 0 Å². The van der Waals surface area contributed by atoms with Crippen LogP contribution in [0.2, 0.25) is 0 Å². The molecule has 0 bridgehead atoms. The maximum Gasteiger partial charge on any atom is 0.322 e. The Labute approximate surface area is 193 Å². The molecule has 0 radical (unpaired) electrons. The van der Waals surface area contributed by atoms with E-state index in [2.05, 4.69) is 47.2 Å². The molecule has 3 rings (SSSR count). The van der Waals surface area contributed by atoms with Crippen LogP contribution in [0.1, 0.15) is 56.7 Å². The molecule has 2 aromatic carbocycles. The number of nitrogens with zero attached hydrogens (tertiary/aromatic N) is 2. The number of benzene rings is 2. The van der Waals surface area contributed by atoms with Gasteiger partial charge in [-0.15, -0.1) is 0 Å². The average molecular weight is 486 g/mol. The Bertz CT molecular complexity index is 902. The lowest BCUT2D eigenvalue weighted by atomic mass is 9.93. The summed E-state index contributed by atoms with van der Waals surface area (Å²) in [7, 11) is 0. The van der Waals surface area contributed by atoms with Gasteiger partial charge in [0.15, 0.2) is 0 Å². The Hall–Kier alpha value is -2.34. The molecule has 0 aliphatic carbocycles. The molecule has 3 amide bonds. The first-order valence-electron chi connectivity index (χ1n) is 11.2. The number of amides is 3. The summed E-state index contributed by atoms with van der Waals surface area (Å²) in [5.41, 5.74) is 3.22. The molecule has 0 saturated carbocycles. The van der Waals surface area contributed by atoms with Gasteiger partial charge in [-0.05, 0) is 59.0 Å². The summed E-state index contributed by atoms with van der Waals surface area (Å²) < 4.78 is 0.821. The first-order chi connectivity index (χ1) is 15.0. The first kappa shape index (κ1) is 23.3. The highest BCUT2D eigenvalue weighted by molar-refractivity contribution is 9.10. The third-order valence-corrected chi connectivity index (χ3v) is 6.62. The fourth-order valence-corrected chi connectivity index (χ4v) is 4.49. The summed E-state index contributed by atoms with van der Waals surface area (Å²) in [6, 6.07) is 15.6. The molecule has 6 heteroatoms. The van der Waals surface area contributed by atoms with Crippen LogP contribution in [-0.2, 0) is 11.2 Å². The number of para-hydroxylation sites is 1. The van der Waals surface area contributed by atoms with Crippen molar-refractivity contribution in [2.24, 2.45) is 0 Å². The number of unbranched alkanes of at least 4 members (excludes halogenated alkanes) is 3. The molecule has 1 aliphatic heterocycles.